The first-order valence-electron chi connectivity index (χ1n) is 11.4. The van der Waals surface area contributed by atoms with Crippen LogP contribution in [-0.2, 0) is 6.54 Å². The number of nitrogens with one attached hydrogen (secondary N) is 1. The van der Waals surface area contributed by atoms with E-state index in [-0.39, 0.29) is 18.4 Å². The van der Waals surface area contributed by atoms with E-state index >= 15 is 0 Å². The van der Waals surface area contributed by atoms with Crippen molar-refractivity contribution in [3.8, 4) is 16.9 Å². The molecule has 7 nitrogen and oxygen atoms in total. The molecule has 0 bridgehead atoms. The van der Waals surface area contributed by atoms with Crippen LogP contribution in [0.5, 0.6) is 5.75 Å². The van der Waals surface area contributed by atoms with Gasteiger partial charge < -0.3 is 19.5 Å². The number of H-pyrrole nitrogens is 1. The molecule has 3 heterocycles. The van der Waals surface area contributed by atoms with Crippen molar-refractivity contribution in [1.82, 2.24) is 25.0 Å². The number of aromatic amines is 1. The first kappa shape index (κ1) is 22.0. The molecule has 1 saturated heterocycles. The number of nitrogens with zero attached hydrogens (tertiary/aromatic N) is 4. The van der Waals surface area contributed by atoms with Gasteiger partial charge in [-0.25, -0.2) is 9.18 Å². The van der Waals surface area contributed by atoms with E-state index in [1.54, 1.807) is 17.0 Å². The number of halogens is 1. The quantitative estimate of drug-likeness (QED) is 0.461. The molecule has 0 atom stereocenters. The fourth-order valence-electron chi connectivity index (χ4n) is 4.44. The van der Waals surface area contributed by atoms with Crippen LogP contribution in [0.2, 0.25) is 0 Å². The number of ether oxygens (including phenoxy) is 1. The molecule has 0 aliphatic carbocycles. The Morgan fingerprint density at radius 2 is 1.91 bits per heavy atom. The van der Waals surface area contributed by atoms with Crippen LogP contribution in [0.3, 0.4) is 0 Å². The number of benzene rings is 2. The van der Waals surface area contributed by atoms with Gasteiger partial charge in [0.25, 0.3) is 0 Å². The van der Waals surface area contributed by atoms with Crippen molar-refractivity contribution in [2.24, 2.45) is 0 Å². The zero-order valence-corrected chi connectivity index (χ0v) is 18.9. The van der Waals surface area contributed by atoms with Crippen molar-refractivity contribution < 1.29 is 13.9 Å². The highest BCUT2D eigenvalue weighted by Crippen LogP contribution is 2.28. The molecule has 1 aliphatic heterocycles. The van der Waals surface area contributed by atoms with Gasteiger partial charge in [0.1, 0.15) is 5.82 Å². The normalized spacial score (nSPS) is 14.9. The Hall–Kier alpha value is -3.78. The van der Waals surface area contributed by atoms with Gasteiger partial charge in [0.05, 0.1) is 18.9 Å². The van der Waals surface area contributed by atoms with E-state index < -0.39 is 6.09 Å². The Morgan fingerprint density at radius 3 is 2.71 bits per heavy atom. The Balaban J connectivity index is 1.43. The van der Waals surface area contributed by atoms with Crippen LogP contribution in [0.1, 0.15) is 18.4 Å². The molecule has 5 rings (SSSR count). The number of likely N-dealkylation sites (tertiary alicyclic amines) is 1. The number of carbonyl (C=O) groups is 1. The average Bonchev–Trinajstić information content (AvgIpc) is 3.33. The molecule has 8 heteroatoms. The molecule has 1 amide bonds. The van der Waals surface area contributed by atoms with Gasteiger partial charge in [-0.1, -0.05) is 12.1 Å². The van der Waals surface area contributed by atoms with E-state index in [1.165, 1.54) is 18.5 Å². The minimum Gasteiger partial charge on any atom is -0.408 e. The summed E-state index contributed by atoms with van der Waals surface area (Å²) in [5.41, 5.74) is 3.39. The highest BCUT2D eigenvalue weighted by atomic mass is 19.1. The SMILES string of the molecule is CN1CCC(N(Cc2cc(-c3ccc4[nH]ccc4c3)ccc2F)C(=O)Oc2ccnnc2)CC1. The Bertz CT molecular complexity index is 1280. The maximum Gasteiger partial charge on any atom is 0.415 e. The van der Waals surface area contributed by atoms with Crippen LogP contribution in [0.25, 0.3) is 22.0 Å². The fourth-order valence-corrected chi connectivity index (χ4v) is 4.44. The number of amides is 1. The van der Waals surface area contributed by atoms with Gasteiger partial charge in [-0.05, 0) is 79.8 Å². The molecule has 1 aliphatic rings. The van der Waals surface area contributed by atoms with Crippen LogP contribution < -0.4 is 4.74 Å². The van der Waals surface area contributed by atoms with Crippen molar-refractivity contribution >= 4 is 17.0 Å². The molecule has 34 heavy (non-hydrogen) atoms. The van der Waals surface area contributed by atoms with Crippen molar-refractivity contribution in [2.45, 2.75) is 25.4 Å². The summed E-state index contributed by atoms with van der Waals surface area (Å²) >= 11 is 0. The Kier molecular flexibility index (Phi) is 6.22. The maximum atomic E-state index is 15.0. The molecule has 0 radical (unpaired) electrons. The summed E-state index contributed by atoms with van der Waals surface area (Å²) in [5, 5.41) is 8.57. The molecule has 1 fully saturated rings. The van der Waals surface area contributed by atoms with E-state index in [0.717, 1.165) is 48.0 Å². The fraction of sp³-hybridized carbons (Fsp3) is 0.269. The van der Waals surface area contributed by atoms with Crippen molar-refractivity contribution in [3.63, 3.8) is 0 Å². The molecule has 2 aromatic heterocycles. The number of hydrogen-bond donors (Lipinski definition) is 1. The first-order valence-corrected chi connectivity index (χ1v) is 11.4. The lowest BCUT2D eigenvalue weighted by molar-refractivity contribution is 0.0971. The highest BCUT2D eigenvalue weighted by Gasteiger charge is 2.29. The van der Waals surface area contributed by atoms with Gasteiger partial charge in [0.2, 0.25) is 0 Å². The smallest absolute Gasteiger partial charge is 0.408 e. The summed E-state index contributed by atoms with van der Waals surface area (Å²) in [5.74, 6) is -0.0327. The number of carbonyl (C=O) groups excluding carboxylic acids is 1. The number of rotatable bonds is 5. The summed E-state index contributed by atoms with van der Waals surface area (Å²) in [4.78, 5) is 20.3. The predicted octanol–water partition coefficient (Wildman–Crippen LogP) is 4.86. The lowest BCUT2D eigenvalue weighted by Crippen LogP contribution is -2.47. The molecule has 1 N–H and O–H groups in total. The van der Waals surface area contributed by atoms with Gasteiger partial charge in [-0.3, -0.25) is 0 Å². The summed E-state index contributed by atoms with van der Waals surface area (Å²) in [6.07, 6.45) is 5.84. The second-order valence-electron chi connectivity index (χ2n) is 8.69. The zero-order valence-electron chi connectivity index (χ0n) is 18.9. The summed E-state index contributed by atoms with van der Waals surface area (Å²) in [6, 6.07) is 14.7. The lowest BCUT2D eigenvalue weighted by atomic mass is 9.99. The minimum atomic E-state index is -0.513. The minimum absolute atomic E-state index is 0.0437. The van der Waals surface area contributed by atoms with Crippen LogP contribution in [-0.4, -0.2) is 57.3 Å². The molecular weight excluding hydrogens is 433 g/mol. The lowest BCUT2D eigenvalue weighted by Gasteiger charge is -2.36. The summed E-state index contributed by atoms with van der Waals surface area (Å²) < 4.78 is 20.5. The summed E-state index contributed by atoms with van der Waals surface area (Å²) in [7, 11) is 2.06. The van der Waals surface area contributed by atoms with E-state index in [9.17, 15) is 9.18 Å². The van der Waals surface area contributed by atoms with Gasteiger partial charge in [-0.2, -0.15) is 10.2 Å². The monoisotopic (exact) mass is 459 g/mol. The van der Waals surface area contributed by atoms with Crippen molar-refractivity contribution in [1.29, 1.82) is 0 Å². The standard InChI is InChI=1S/C26H26FN5O2/c1-31-12-8-22(9-13-31)32(26(33)34-23-7-11-29-30-16-23)17-21-15-18(2-4-24(21)27)19-3-5-25-20(14-19)6-10-28-25/h2-7,10-11,14-16,22,28H,8-9,12-13,17H2,1H3. The van der Waals surface area contributed by atoms with Crippen LogP contribution >= 0.6 is 0 Å². The maximum absolute atomic E-state index is 15.0. The number of aromatic nitrogens is 3. The summed E-state index contributed by atoms with van der Waals surface area (Å²) in [6.45, 7) is 1.85. The van der Waals surface area contributed by atoms with Crippen LogP contribution in [0.15, 0.2) is 67.1 Å². The molecule has 0 saturated carbocycles. The third kappa shape index (κ3) is 4.77. The van der Waals surface area contributed by atoms with E-state index in [2.05, 4.69) is 33.2 Å². The zero-order chi connectivity index (χ0) is 23.5. The van der Waals surface area contributed by atoms with Crippen molar-refractivity contribution in [3.05, 3.63) is 78.5 Å². The third-order valence-corrected chi connectivity index (χ3v) is 6.40. The van der Waals surface area contributed by atoms with Crippen molar-refractivity contribution in [2.75, 3.05) is 20.1 Å². The molecular formula is C26H26FN5O2. The predicted molar refractivity (Wildman–Crippen MR) is 128 cm³/mol. The van der Waals surface area contributed by atoms with E-state index in [4.69, 9.17) is 4.74 Å². The molecule has 174 valence electrons. The topological polar surface area (TPSA) is 74.4 Å². The van der Waals surface area contributed by atoms with Crippen LogP contribution in [0, 0.1) is 5.82 Å². The Morgan fingerprint density at radius 1 is 1.12 bits per heavy atom. The van der Waals surface area contributed by atoms with Gasteiger partial charge in [0.15, 0.2) is 5.75 Å². The number of piperidine rings is 1. The highest BCUT2D eigenvalue weighted by molar-refractivity contribution is 5.85. The molecule has 0 spiro atoms. The molecule has 4 aromatic rings. The average molecular weight is 460 g/mol. The number of hydrogen-bond acceptors (Lipinski definition) is 5. The number of fused-ring (bicyclic) bond motifs is 1. The second kappa shape index (κ2) is 9.61. The third-order valence-electron chi connectivity index (χ3n) is 6.40. The largest absolute Gasteiger partial charge is 0.415 e. The first-order chi connectivity index (χ1) is 16.6. The van der Waals surface area contributed by atoms with E-state index in [1.807, 2.05) is 30.5 Å². The molecule has 2 aromatic carbocycles. The van der Waals surface area contributed by atoms with Gasteiger partial charge in [-0.15, -0.1) is 0 Å². The Labute approximate surface area is 197 Å². The second-order valence-corrected chi connectivity index (χ2v) is 8.69. The van der Waals surface area contributed by atoms with E-state index in [0.29, 0.717) is 11.3 Å². The van der Waals surface area contributed by atoms with Gasteiger partial charge in [0, 0.05) is 29.4 Å². The van der Waals surface area contributed by atoms with Gasteiger partial charge >= 0.3 is 6.09 Å². The van der Waals surface area contributed by atoms with Crippen LogP contribution in [0.4, 0.5) is 9.18 Å². The molecule has 0 unspecified atom stereocenters.